The first-order valence-corrected chi connectivity index (χ1v) is 14.9. The first-order chi connectivity index (χ1) is 20.7. The number of amides is 2. The number of nitrogens with one attached hydrogen (secondary N) is 3. The third-order valence-corrected chi connectivity index (χ3v) is 7.35. The predicted molar refractivity (Wildman–Crippen MR) is 162 cm³/mol. The first kappa shape index (κ1) is 31.9. The summed E-state index contributed by atoms with van der Waals surface area (Å²) in [6, 6.07) is 19.5. The van der Waals surface area contributed by atoms with Crippen LogP contribution in [0.25, 0.3) is 17.1 Å². The fourth-order valence-electron chi connectivity index (χ4n) is 4.29. The van der Waals surface area contributed by atoms with Crippen LogP contribution in [0.3, 0.4) is 0 Å². The van der Waals surface area contributed by atoms with Gasteiger partial charge in [0.15, 0.2) is 5.82 Å². The van der Waals surface area contributed by atoms with Gasteiger partial charge in [0, 0.05) is 30.1 Å². The fourth-order valence-corrected chi connectivity index (χ4v) is 5.19. The number of halogens is 3. The molecule has 8 nitrogen and oxygen atoms in total. The van der Waals surface area contributed by atoms with Gasteiger partial charge in [-0.25, -0.2) is 14.5 Å². The molecule has 43 heavy (non-hydrogen) atoms. The van der Waals surface area contributed by atoms with Gasteiger partial charge >= 0.3 is 12.4 Å². The van der Waals surface area contributed by atoms with Crippen molar-refractivity contribution in [2.24, 2.45) is 0 Å². The van der Waals surface area contributed by atoms with Crippen molar-refractivity contribution in [1.29, 1.82) is 0 Å². The number of aromatic nitrogens is 3. The summed E-state index contributed by atoms with van der Waals surface area (Å²) in [6.07, 6.45) is 0.493. The molecule has 0 unspecified atom stereocenters. The Hall–Kier alpha value is -4.03. The summed E-state index contributed by atoms with van der Waals surface area (Å²) in [7, 11) is 0. The van der Waals surface area contributed by atoms with E-state index in [-0.39, 0.29) is 11.8 Å². The second kappa shape index (κ2) is 15.4. The maximum absolute atomic E-state index is 12.4. The van der Waals surface area contributed by atoms with E-state index in [9.17, 15) is 18.0 Å². The highest BCUT2D eigenvalue weighted by Gasteiger charge is 2.31. The number of carbonyl (C=O) groups is 1. The fraction of sp³-hybridized carbons (Fsp3) is 0.323. The molecule has 0 spiro atoms. The van der Waals surface area contributed by atoms with Gasteiger partial charge in [-0.15, -0.1) is 18.3 Å². The number of hydrogen-bond acceptors (Lipinski definition) is 6. The third-order valence-electron chi connectivity index (χ3n) is 6.40. The summed E-state index contributed by atoms with van der Waals surface area (Å²) >= 11 is 1.61. The smallest absolute Gasteiger partial charge is 0.406 e. The molecule has 2 amide bonds. The molecule has 0 aliphatic carbocycles. The minimum absolute atomic E-state index is 0.187. The second-order valence-electron chi connectivity index (χ2n) is 9.90. The predicted octanol–water partition coefficient (Wildman–Crippen LogP) is 6.62. The molecule has 228 valence electrons. The lowest BCUT2D eigenvalue weighted by atomic mass is 10.1. The van der Waals surface area contributed by atoms with Crippen molar-refractivity contribution < 1.29 is 22.7 Å². The van der Waals surface area contributed by atoms with Gasteiger partial charge in [-0.1, -0.05) is 49.7 Å². The Bertz CT molecular complexity index is 1460. The van der Waals surface area contributed by atoms with E-state index >= 15 is 0 Å². The van der Waals surface area contributed by atoms with Crippen molar-refractivity contribution in [3.8, 4) is 22.8 Å². The molecular formula is C31H35F3N6O2S. The number of ether oxygens (including phenoxy) is 1. The maximum atomic E-state index is 12.4. The Kier molecular flexibility index (Phi) is 11.5. The number of rotatable bonds is 14. The van der Waals surface area contributed by atoms with Crippen molar-refractivity contribution in [3.05, 3.63) is 89.7 Å². The lowest BCUT2D eigenvalue weighted by molar-refractivity contribution is -0.274. The topological polar surface area (TPSA) is 93.1 Å². The Morgan fingerprint density at radius 2 is 1.70 bits per heavy atom. The van der Waals surface area contributed by atoms with E-state index in [4.69, 9.17) is 0 Å². The number of nitrogens with zero attached hydrogens (tertiary/aromatic N) is 3. The highest BCUT2D eigenvalue weighted by Crippen LogP contribution is 2.25. The van der Waals surface area contributed by atoms with Crippen LogP contribution in [0.4, 0.5) is 18.0 Å². The number of carbonyl (C=O) groups excluding carboxylic acids is 1. The van der Waals surface area contributed by atoms with Crippen LogP contribution in [0.5, 0.6) is 5.75 Å². The molecule has 0 aliphatic rings. The summed E-state index contributed by atoms with van der Waals surface area (Å²) in [5.74, 6) is 0.193. The molecule has 0 atom stereocenters. The molecule has 1 aromatic heterocycles. The molecule has 0 saturated heterocycles. The summed E-state index contributed by atoms with van der Waals surface area (Å²) in [5, 5.41) is 10.2. The van der Waals surface area contributed by atoms with Crippen LogP contribution in [0.2, 0.25) is 0 Å². The molecule has 3 aromatic carbocycles. The minimum atomic E-state index is -4.74. The summed E-state index contributed by atoms with van der Waals surface area (Å²) in [4.78, 5) is 17.7. The van der Waals surface area contributed by atoms with E-state index in [1.54, 1.807) is 11.9 Å². The molecule has 4 aromatic rings. The van der Waals surface area contributed by atoms with Crippen LogP contribution >= 0.6 is 11.9 Å². The average Bonchev–Trinajstić information content (AvgIpc) is 3.47. The molecule has 1 heterocycles. The van der Waals surface area contributed by atoms with Gasteiger partial charge in [-0.2, -0.15) is 0 Å². The molecule has 4 rings (SSSR count). The van der Waals surface area contributed by atoms with Crippen LogP contribution in [0.1, 0.15) is 36.5 Å². The molecule has 0 fully saturated rings. The summed E-state index contributed by atoms with van der Waals surface area (Å²) in [5.41, 5.74) is 5.05. The highest BCUT2D eigenvalue weighted by molar-refractivity contribution is 7.97. The zero-order valence-electron chi connectivity index (χ0n) is 24.1. The van der Waals surface area contributed by atoms with Crippen LogP contribution in [-0.4, -0.2) is 46.8 Å². The number of urea groups is 1. The lowest BCUT2D eigenvalue weighted by Crippen LogP contribution is -2.38. The van der Waals surface area contributed by atoms with Gasteiger partial charge in [-0.05, 0) is 85.2 Å². The van der Waals surface area contributed by atoms with Gasteiger partial charge in [0.2, 0.25) is 0 Å². The largest absolute Gasteiger partial charge is 0.573 e. The van der Waals surface area contributed by atoms with Crippen LogP contribution in [0.15, 0.2) is 78.0 Å². The van der Waals surface area contributed by atoms with E-state index in [1.165, 1.54) is 51.3 Å². The van der Waals surface area contributed by atoms with Gasteiger partial charge in [0.25, 0.3) is 0 Å². The van der Waals surface area contributed by atoms with Crippen LogP contribution < -0.4 is 20.1 Å². The average molecular weight is 613 g/mol. The normalized spacial score (nSPS) is 11.4. The van der Waals surface area contributed by atoms with Gasteiger partial charge in [0.05, 0.1) is 5.69 Å². The first-order valence-electron chi connectivity index (χ1n) is 14.1. The monoisotopic (exact) mass is 612 g/mol. The number of hydrogen-bond donors (Lipinski definition) is 3. The van der Waals surface area contributed by atoms with Crippen molar-refractivity contribution in [2.75, 3.05) is 19.6 Å². The zero-order valence-corrected chi connectivity index (χ0v) is 24.9. The molecule has 3 N–H and O–H groups in total. The molecular weight excluding hydrogens is 577 g/mol. The summed E-state index contributed by atoms with van der Waals surface area (Å²) < 4.78 is 45.8. The van der Waals surface area contributed by atoms with Gasteiger partial charge in [0.1, 0.15) is 12.1 Å². The Morgan fingerprint density at radius 3 is 2.42 bits per heavy atom. The van der Waals surface area contributed by atoms with Crippen LogP contribution in [-0.2, 0) is 12.8 Å². The van der Waals surface area contributed by atoms with Crippen molar-refractivity contribution in [2.45, 2.75) is 50.8 Å². The maximum Gasteiger partial charge on any atom is 0.573 e. The van der Waals surface area contributed by atoms with E-state index in [2.05, 4.69) is 62.2 Å². The lowest BCUT2D eigenvalue weighted by Gasteiger charge is -2.11. The van der Waals surface area contributed by atoms with Crippen molar-refractivity contribution in [1.82, 2.24) is 30.1 Å². The number of alkyl halides is 3. The second-order valence-corrected chi connectivity index (χ2v) is 10.8. The number of aryl methyl sites for hydroxylation is 3. The SMILES string of the molecule is CCCc1ccc(C)cc1SNCCNC(=O)NCCCc1ccc(-c2ncn(-c3ccc(OC(F)(F)F)cc3)n2)cc1. The van der Waals surface area contributed by atoms with E-state index in [0.717, 1.165) is 36.8 Å². The number of benzene rings is 3. The third kappa shape index (κ3) is 10.3. The van der Waals surface area contributed by atoms with Crippen molar-refractivity contribution in [3.63, 3.8) is 0 Å². The highest BCUT2D eigenvalue weighted by atomic mass is 32.2. The standard InChI is InChI=1S/C31H35F3N6O2S/c1-3-5-24-10-7-22(2)20-28(24)43-38-19-18-36-30(41)35-17-4-6-23-8-11-25(12-9-23)29-37-21-40(39-29)26-13-15-27(16-14-26)42-31(32,33)34/h7-16,20-21,38H,3-6,17-19H2,1-2H3,(H2,35,36,41). The minimum Gasteiger partial charge on any atom is -0.406 e. The molecule has 0 bridgehead atoms. The molecule has 0 aliphatic heterocycles. The van der Waals surface area contributed by atoms with E-state index in [0.29, 0.717) is 31.1 Å². The molecule has 0 radical (unpaired) electrons. The van der Waals surface area contributed by atoms with Crippen LogP contribution in [0, 0.1) is 6.92 Å². The Morgan fingerprint density at radius 1 is 0.953 bits per heavy atom. The summed E-state index contributed by atoms with van der Waals surface area (Å²) in [6.45, 7) is 5.99. The zero-order chi connectivity index (χ0) is 30.7. The quantitative estimate of drug-likeness (QED) is 0.109. The molecule has 0 saturated carbocycles. The molecule has 12 heteroatoms. The Labute approximate surface area is 253 Å². The van der Waals surface area contributed by atoms with Gasteiger partial charge in [-0.3, -0.25) is 4.72 Å². The van der Waals surface area contributed by atoms with E-state index in [1.807, 2.05) is 24.3 Å². The van der Waals surface area contributed by atoms with Gasteiger partial charge < -0.3 is 15.4 Å². The van der Waals surface area contributed by atoms with E-state index < -0.39 is 6.36 Å². The van der Waals surface area contributed by atoms with Crippen molar-refractivity contribution >= 4 is 18.0 Å². The Balaban J connectivity index is 1.13.